The van der Waals surface area contributed by atoms with Crippen molar-refractivity contribution in [2.75, 3.05) is 0 Å². The van der Waals surface area contributed by atoms with Gasteiger partial charge in [-0.25, -0.2) is 9.50 Å². The Kier molecular flexibility index (Phi) is 3.71. The number of aromatic nitrogens is 3. The van der Waals surface area contributed by atoms with E-state index in [1.807, 2.05) is 26.8 Å². The summed E-state index contributed by atoms with van der Waals surface area (Å²) in [5.41, 5.74) is 2.33. The van der Waals surface area contributed by atoms with Crippen molar-refractivity contribution in [1.82, 2.24) is 14.6 Å². The van der Waals surface area contributed by atoms with Crippen LogP contribution in [0.4, 0.5) is 0 Å². The molecule has 0 aromatic carbocycles. The van der Waals surface area contributed by atoms with Crippen molar-refractivity contribution < 1.29 is 4.55 Å². The zero-order chi connectivity index (χ0) is 15.2. The van der Waals surface area contributed by atoms with Gasteiger partial charge in [-0.3, -0.25) is 0 Å². The second kappa shape index (κ2) is 5.26. The lowest BCUT2D eigenvalue weighted by atomic mass is 10.3. The maximum atomic E-state index is 11.9. The largest absolute Gasteiger partial charge is 0.591 e. The summed E-state index contributed by atoms with van der Waals surface area (Å²) in [6.07, 6.45) is 3.86. The average molecular weight is 325 g/mol. The van der Waals surface area contributed by atoms with E-state index in [9.17, 15) is 4.55 Å². The molecule has 7 heteroatoms. The van der Waals surface area contributed by atoms with Crippen LogP contribution >= 0.6 is 11.6 Å². The molecule has 2 aromatic rings. The Balaban J connectivity index is 1.90. The molecule has 0 saturated heterocycles. The van der Waals surface area contributed by atoms with Gasteiger partial charge in [0, 0.05) is 17.7 Å². The molecule has 0 radical (unpaired) electrons. The van der Waals surface area contributed by atoms with Gasteiger partial charge in [0.1, 0.15) is 33.2 Å². The van der Waals surface area contributed by atoms with Gasteiger partial charge >= 0.3 is 0 Å². The normalized spacial score (nSPS) is 17.8. The minimum atomic E-state index is -1.30. The molecule has 0 spiro atoms. The zero-order valence-corrected chi connectivity index (χ0v) is 13.8. The number of nitrogens with zero attached hydrogens (tertiary/aromatic N) is 4. The molecule has 112 valence electrons. The number of rotatable bonds is 3. The molecule has 0 bridgehead atoms. The van der Waals surface area contributed by atoms with Crippen LogP contribution in [-0.4, -0.2) is 30.1 Å². The number of hydrogen-bond donors (Lipinski definition) is 0. The van der Waals surface area contributed by atoms with E-state index in [0.717, 1.165) is 5.69 Å². The number of fused-ring (bicyclic) bond motifs is 1. The predicted molar refractivity (Wildman–Crippen MR) is 85.5 cm³/mol. The molecule has 21 heavy (non-hydrogen) atoms. The molecule has 2 aromatic heterocycles. The topological polar surface area (TPSA) is 65.6 Å². The van der Waals surface area contributed by atoms with E-state index < -0.39 is 11.4 Å². The lowest BCUT2D eigenvalue weighted by Gasteiger charge is -2.17. The number of halogens is 1. The molecular weight excluding hydrogens is 308 g/mol. The minimum absolute atomic E-state index is 0.384. The molecule has 0 aliphatic heterocycles. The second-order valence-corrected chi connectivity index (χ2v) is 8.53. The Morgan fingerprint density at radius 1 is 1.43 bits per heavy atom. The Labute approximate surface area is 131 Å². The highest BCUT2D eigenvalue weighted by atomic mass is 35.5. The highest BCUT2D eigenvalue weighted by Crippen LogP contribution is 2.39. The summed E-state index contributed by atoms with van der Waals surface area (Å²) in [5, 5.41) is 4.87. The fraction of sp³-hybridized carbons (Fsp3) is 0.500. The van der Waals surface area contributed by atoms with Crippen molar-refractivity contribution in [2.24, 2.45) is 4.40 Å². The van der Waals surface area contributed by atoms with E-state index in [2.05, 4.69) is 14.5 Å². The van der Waals surface area contributed by atoms with E-state index in [4.69, 9.17) is 11.6 Å². The Morgan fingerprint density at radius 2 is 2.14 bits per heavy atom. The van der Waals surface area contributed by atoms with Gasteiger partial charge in [0.15, 0.2) is 5.65 Å². The van der Waals surface area contributed by atoms with Gasteiger partial charge in [-0.15, -0.1) is 0 Å². The summed E-state index contributed by atoms with van der Waals surface area (Å²) in [6.45, 7) is 5.64. The van der Waals surface area contributed by atoms with Gasteiger partial charge in [-0.05, 0) is 39.7 Å². The Morgan fingerprint density at radius 3 is 2.76 bits per heavy atom. The SMILES string of the molecule is CC(C)(C)[S+]([O-])N=Cc1cc2nc(C3CC3)cc(Cl)n2n1. The maximum Gasteiger partial charge on any atom is 0.157 e. The monoisotopic (exact) mass is 324 g/mol. The first-order valence-corrected chi connectivity index (χ1v) is 8.35. The fourth-order valence-corrected chi connectivity index (χ4v) is 2.64. The molecule has 1 fully saturated rings. The van der Waals surface area contributed by atoms with Gasteiger partial charge in [0.25, 0.3) is 0 Å². The van der Waals surface area contributed by atoms with Crippen molar-refractivity contribution in [2.45, 2.75) is 44.3 Å². The maximum absolute atomic E-state index is 11.9. The molecular formula is C14H17ClN4OS. The lowest BCUT2D eigenvalue weighted by Crippen LogP contribution is -2.25. The summed E-state index contributed by atoms with van der Waals surface area (Å²) in [7, 11) is 0. The Hall–Kier alpha value is -1.11. The molecule has 0 amide bonds. The van der Waals surface area contributed by atoms with Crippen LogP contribution in [0.5, 0.6) is 0 Å². The van der Waals surface area contributed by atoms with Gasteiger partial charge in [-0.2, -0.15) is 5.10 Å². The van der Waals surface area contributed by atoms with Gasteiger partial charge in [0.2, 0.25) is 0 Å². The van der Waals surface area contributed by atoms with Gasteiger partial charge < -0.3 is 4.55 Å². The molecule has 2 heterocycles. The summed E-state index contributed by atoms with van der Waals surface area (Å²) >= 11 is 4.94. The van der Waals surface area contributed by atoms with E-state index in [1.54, 1.807) is 10.6 Å². The summed E-state index contributed by atoms with van der Waals surface area (Å²) in [5.74, 6) is 0.535. The predicted octanol–water partition coefficient (Wildman–Crippen LogP) is 3.14. The van der Waals surface area contributed by atoms with E-state index in [-0.39, 0.29) is 4.75 Å². The molecule has 1 saturated carbocycles. The zero-order valence-electron chi connectivity index (χ0n) is 12.2. The first kappa shape index (κ1) is 14.8. The first-order valence-electron chi connectivity index (χ1n) is 6.87. The first-order chi connectivity index (χ1) is 9.84. The second-order valence-electron chi connectivity index (χ2n) is 6.21. The van der Waals surface area contributed by atoms with Crippen LogP contribution in [0.1, 0.15) is 50.9 Å². The van der Waals surface area contributed by atoms with E-state index >= 15 is 0 Å². The molecule has 1 aliphatic carbocycles. The van der Waals surface area contributed by atoms with Crippen molar-refractivity contribution in [1.29, 1.82) is 0 Å². The third-order valence-electron chi connectivity index (χ3n) is 3.22. The van der Waals surface area contributed by atoms with Crippen LogP contribution in [0, 0.1) is 0 Å². The smallest absolute Gasteiger partial charge is 0.157 e. The van der Waals surface area contributed by atoms with Crippen LogP contribution in [0.3, 0.4) is 0 Å². The molecule has 1 atom stereocenters. The van der Waals surface area contributed by atoms with Gasteiger partial charge in [-0.1, -0.05) is 16.0 Å². The lowest BCUT2D eigenvalue weighted by molar-refractivity contribution is 0.562. The summed E-state index contributed by atoms with van der Waals surface area (Å²) < 4.78 is 17.2. The fourth-order valence-electron chi connectivity index (χ4n) is 1.88. The van der Waals surface area contributed by atoms with Crippen molar-refractivity contribution in [3.63, 3.8) is 0 Å². The van der Waals surface area contributed by atoms with Gasteiger partial charge in [0.05, 0.1) is 0 Å². The Bertz CT molecular complexity index is 703. The average Bonchev–Trinajstić information content (AvgIpc) is 3.15. The van der Waals surface area contributed by atoms with E-state index in [0.29, 0.717) is 22.4 Å². The molecule has 1 unspecified atom stereocenters. The van der Waals surface area contributed by atoms with Crippen LogP contribution in [0.15, 0.2) is 16.5 Å². The number of hydrogen-bond acceptors (Lipinski definition) is 4. The van der Waals surface area contributed by atoms with Crippen molar-refractivity contribution in [3.8, 4) is 0 Å². The van der Waals surface area contributed by atoms with Crippen LogP contribution < -0.4 is 0 Å². The quantitative estimate of drug-likeness (QED) is 0.495. The van der Waals surface area contributed by atoms with Crippen molar-refractivity contribution in [3.05, 3.63) is 28.7 Å². The highest BCUT2D eigenvalue weighted by Gasteiger charge is 2.27. The standard InChI is InChI=1S/C14H17ClN4OS/c1-14(2,3)21(20)16-8-10-6-13-17-11(9-4-5-9)7-12(15)19(13)18-10/h6-9H,4-5H2,1-3H3. The molecule has 3 rings (SSSR count). The minimum Gasteiger partial charge on any atom is -0.591 e. The highest BCUT2D eigenvalue weighted by molar-refractivity contribution is 7.91. The molecule has 0 N–H and O–H groups in total. The molecule has 1 aliphatic rings. The van der Waals surface area contributed by atoms with Crippen LogP contribution in [0.2, 0.25) is 5.15 Å². The molecule has 5 nitrogen and oxygen atoms in total. The van der Waals surface area contributed by atoms with Crippen molar-refractivity contribution >= 4 is 34.8 Å². The van der Waals surface area contributed by atoms with Crippen LogP contribution in [0.25, 0.3) is 5.65 Å². The third kappa shape index (κ3) is 3.22. The summed E-state index contributed by atoms with van der Waals surface area (Å²) in [4.78, 5) is 4.57. The van der Waals surface area contributed by atoms with E-state index in [1.165, 1.54) is 19.1 Å². The van der Waals surface area contributed by atoms with Crippen LogP contribution in [-0.2, 0) is 11.4 Å². The summed E-state index contributed by atoms with van der Waals surface area (Å²) in [6, 6.07) is 3.68. The third-order valence-corrected chi connectivity index (χ3v) is 4.84.